The van der Waals surface area contributed by atoms with E-state index in [0.717, 1.165) is 16.7 Å². The van der Waals surface area contributed by atoms with Crippen LogP contribution in [0.25, 0.3) is 0 Å². The number of hydrogen-bond acceptors (Lipinski definition) is 6. The van der Waals surface area contributed by atoms with E-state index in [0.29, 0.717) is 17.4 Å². The molecule has 2 heterocycles. The zero-order valence-electron chi connectivity index (χ0n) is 20.9. The molecule has 3 aromatic carbocycles. The van der Waals surface area contributed by atoms with Crippen LogP contribution >= 0.6 is 23.2 Å². The molecule has 0 aliphatic carbocycles. The average molecular weight is 589 g/mol. The topological polar surface area (TPSA) is 103 Å². The molecule has 0 bridgehead atoms. The number of rotatable bonds is 8. The van der Waals surface area contributed by atoms with Gasteiger partial charge < -0.3 is 19.1 Å². The molecule has 2 N–H and O–H groups in total. The second-order valence-electron chi connectivity index (χ2n) is 9.34. The van der Waals surface area contributed by atoms with E-state index in [4.69, 9.17) is 32.7 Å². The largest absolute Gasteiger partial charge is 0.392 e. The molecule has 4 unspecified atom stereocenters. The number of aromatic nitrogens is 2. The summed E-state index contributed by atoms with van der Waals surface area (Å²) in [7, 11) is -3.72. The van der Waals surface area contributed by atoms with Gasteiger partial charge in [-0.25, -0.2) is 13.4 Å². The van der Waals surface area contributed by atoms with Crippen molar-refractivity contribution in [1.82, 2.24) is 9.55 Å². The maximum absolute atomic E-state index is 12.7. The van der Waals surface area contributed by atoms with E-state index >= 15 is 0 Å². The minimum atomic E-state index is -3.72. The Morgan fingerprint density at radius 2 is 1.62 bits per heavy atom. The summed E-state index contributed by atoms with van der Waals surface area (Å²) in [5.41, 5.74) is 2.89. The van der Waals surface area contributed by atoms with Gasteiger partial charge in [-0.1, -0.05) is 84.7 Å². The SMILES string of the molecule is CC1C(Cn2cnc(Cl)c2Cl)OC(c2ccc(NS(=O)(=O)c3ccccc3)cc2)OC1c1ccc(CO)cc1. The van der Waals surface area contributed by atoms with Crippen molar-refractivity contribution in [3.63, 3.8) is 0 Å². The van der Waals surface area contributed by atoms with Crippen molar-refractivity contribution in [2.75, 3.05) is 4.72 Å². The zero-order valence-corrected chi connectivity index (χ0v) is 23.3. The highest BCUT2D eigenvalue weighted by Gasteiger charge is 2.39. The van der Waals surface area contributed by atoms with Gasteiger partial charge in [0.05, 0.1) is 36.6 Å². The molecule has 4 atom stereocenters. The van der Waals surface area contributed by atoms with Crippen LogP contribution in [0.1, 0.15) is 36.0 Å². The first kappa shape index (κ1) is 27.6. The van der Waals surface area contributed by atoms with Crippen LogP contribution in [0.3, 0.4) is 0 Å². The van der Waals surface area contributed by atoms with Crippen LogP contribution in [0.2, 0.25) is 10.3 Å². The van der Waals surface area contributed by atoms with Crippen LogP contribution in [0.4, 0.5) is 5.69 Å². The van der Waals surface area contributed by atoms with E-state index in [1.807, 2.05) is 31.2 Å². The van der Waals surface area contributed by atoms with Crippen LogP contribution < -0.4 is 4.72 Å². The Bertz CT molecular complexity index is 1510. The summed E-state index contributed by atoms with van der Waals surface area (Å²) >= 11 is 12.4. The Balaban J connectivity index is 1.40. The summed E-state index contributed by atoms with van der Waals surface area (Å²) in [5, 5.41) is 10.00. The molecule has 8 nitrogen and oxygen atoms in total. The van der Waals surface area contributed by atoms with Crippen molar-refractivity contribution >= 4 is 38.9 Å². The lowest BCUT2D eigenvalue weighted by Crippen LogP contribution is -2.39. The third-order valence-electron chi connectivity index (χ3n) is 6.72. The molecule has 4 aromatic rings. The second kappa shape index (κ2) is 11.7. The van der Waals surface area contributed by atoms with E-state index < -0.39 is 16.3 Å². The van der Waals surface area contributed by atoms with Crippen molar-refractivity contribution in [2.24, 2.45) is 5.92 Å². The standard InChI is InChI=1S/C28H27Cl2N3O5S/c1-18-24(15-33-17-31-26(29)27(33)30)37-28(38-25(18)20-9-7-19(16-34)8-10-20)21-11-13-22(14-12-21)32-39(35,36)23-5-3-2-4-6-23/h2-14,17-18,24-25,28,32,34H,15-16H2,1H3. The molecular weight excluding hydrogens is 561 g/mol. The Morgan fingerprint density at radius 1 is 0.949 bits per heavy atom. The number of nitrogens with zero attached hydrogens (tertiary/aromatic N) is 2. The molecule has 1 aliphatic heterocycles. The molecule has 5 rings (SSSR count). The van der Waals surface area contributed by atoms with Gasteiger partial charge in [0.1, 0.15) is 5.15 Å². The predicted octanol–water partition coefficient (Wildman–Crippen LogP) is 5.97. The fraction of sp³-hybridized carbons (Fsp3) is 0.250. The van der Waals surface area contributed by atoms with Crippen molar-refractivity contribution in [2.45, 2.75) is 43.5 Å². The zero-order chi connectivity index (χ0) is 27.6. The summed E-state index contributed by atoms with van der Waals surface area (Å²) in [6.07, 6.45) is 0.205. The summed E-state index contributed by atoms with van der Waals surface area (Å²) in [5.74, 6) is -0.0737. The van der Waals surface area contributed by atoms with E-state index in [9.17, 15) is 13.5 Å². The van der Waals surface area contributed by atoms with Crippen molar-refractivity contribution < 1.29 is 23.0 Å². The van der Waals surface area contributed by atoms with Gasteiger partial charge >= 0.3 is 0 Å². The van der Waals surface area contributed by atoms with Gasteiger partial charge in [0.15, 0.2) is 11.4 Å². The average Bonchev–Trinajstić information content (AvgIpc) is 3.27. The number of imidazole rings is 1. The number of halogens is 2. The number of aliphatic hydroxyl groups excluding tert-OH is 1. The number of anilines is 1. The smallest absolute Gasteiger partial charge is 0.261 e. The molecule has 204 valence electrons. The van der Waals surface area contributed by atoms with Gasteiger partial charge in [-0.2, -0.15) is 0 Å². The number of hydrogen-bond donors (Lipinski definition) is 2. The van der Waals surface area contributed by atoms with Crippen molar-refractivity contribution in [3.8, 4) is 0 Å². The number of sulfonamides is 1. The number of ether oxygens (including phenoxy) is 2. The molecule has 0 radical (unpaired) electrons. The quantitative estimate of drug-likeness (QED) is 0.263. The molecular formula is C28H27Cl2N3O5S. The van der Waals surface area contributed by atoms with Gasteiger partial charge in [-0.15, -0.1) is 0 Å². The first-order chi connectivity index (χ1) is 18.7. The Labute approximate surface area is 237 Å². The van der Waals surface area contributed by atoms with Gasteiger partial charge in [0, 0.05) is 17.2 Å². The normalized spacial score (nSPS) is 21.5. The molecule has 1 saturated heterocycles. The second-order valence-corrected chi connectivity index (χ2v) is 11.7. The monoisotopic (exact) mass is 587 g/mol. The maximum atomic E-state index is 12.7. The van der Waals surface area contributed by atoms with E-state index in [1.165, 1.54) is 12.1 Å². The summed E-state index contributed by atoms with van der Waals surface area (Å²) in [6, 6.07) is 22.7. The molecule has 1 aliphatic rings. The van der Waals surface area contributed by atoms with Crippen LogP contribution in [-0.4, -0.2) is 29.2 Å². The predicted molar refractivity (Wildman–Crippen MR) is 149 cm³/mol. The third-order valence-corrected chi connectivity index (χ3v) is 8.89. The van der Waals surface area contributed by atoms with Crippen molar-refractivity contribution in [1.29, 1.82) is 0 Å². The molecule has 0 spiro atoms. The van der Waals surface area contributed by atoms with Gasteiger partial charge in [0.2, 0.25) is 0 Å². The molecule has 11 heteroatoms. The van der Waals surface area contributed by atoms with Gasteiger partial charge in [0.25, 0.3) is 10.0 Å². The maximum Gasteiger partial charge on any atom is 0.261 e. The van der Waals surface area contributed by atoms with Crippen LogP contribution in [0.5, 0.6) is 0 Å². The van der Waals surface area contributed by atoms with E-state index in [2.05, 4.69) is 9.71 Å². The number of benzene rings is 3. The third kappa shape index (κ3) is 6.14. The Hall–Kier alpha value is -2.92. The first-order valence-corrected chi connectivity index (χ1v) is 14.5. The molecule has 0 amide bonds. The summed E-state index contributed by atoms with van der Waals surface area (Å²) < 4.78 is 42.6. The number of nitrogens with one attached hydrogen (secondary N) is 1. The lowest BCUT2D eigenvalue weighted by atomic mass is 9.90. The van der Waals surface area contributed by atoms with E-state index in [-0.39, 0.29) is 34.8 Å². The Morgan fingerprint density at radius 3 is 2.23 bits per heavy atom. The van der Waals surface area contributed by atoms with E-state index in [1.54, 1.807) is 53.4 Å². The molecule has 1 fully saturated rings. The van der Waals surface area contributed by atoms with Crippen LogP contribution in [-0.2, 0) is 32.6 Å². The minimum absolute atomic E-state index is 0.0457. The lowest BCUT2D eigenvalue weighted by molar-refractivity contribution is -0.276. The Kier molecular flexibility index (Phi) is 8.27. The lowest BCUT2D eigenvalue weighted by Gasteiger charge is -2.41. The highest BCUT2D eigenvalue weighted by molar-refractivity contribution is 7.92. The highest BCUT2D eigenvalue weighted by Crippen LogP contribution is 2.42. The van der Waals surface area contributed by atoms with Gasteiger partial charge in [-0.3, -0.25) is 4.72 Å². The fourth-order valence-corrected chi connectivity index (χ4v) is 5.91. The van der Waals surface area contributed by atoms with Crippen LogP contribution in [0, 0.1) is 5.92 Å². The summed E-state index contributed by atoms with van der Waals surface area (Å²) in [6.45, 7) is 2.40. The number of aliphatic hydroxyl groups is 1. The van der Waals surface area contributed by atoms with Gasteiger partial charge in [-0.05, 0) is 35.4 Å². The molecule has 1 aromatic heterocycles. The fourth-order valence-electron chi connectivity index (χ4n) is 4.51. The molecule has 0 saturated carbocycles. The highest BCUT2D eigenvalue weighted by atomic mass is 35.5. The minimum Gasteiger partial charge on any atom is -0.392 e. The summed E-state index contributed by atoms with van der Waals surface area (Å²) in [4.78, 5) is 4.25. The molecule has 39 heavy (non-hydrogen) atoms. The first-order valence-electron chi connectivity index (χ1n) is 12.3. The van der Waals surface area contributed by atoms with Crippen molar-refractivity contribution in [3.05, 3.63) is 112 Å². The van der Waals surface area contributed by atoms with Crippen LogP contribution in [0.15, 0.2) is 90.1 Å².